The zero-order valence-corrected chi connectivity index (χ0v) is 23.1. The first-order valence-corrected chi connectivity index (χ1v) is 18.6. The molecule has 32 heavy (non-hydrogen) atoms. The molecule has 0 saturated heterocycles. The number of aromatic nitrogens is 2. The third-order valence-corrected chi connectivity index (χ3v) is 14.5. The Morgan fingerprint density at radius 3 is 2.09 bits per heavy atom. The number of aryl methyl sites for hydroxylation is 4. The van der Waals surface area contributed by atoms with Gasteiger partial charge in [-0.25, -0.2) is 0 Å². The van der Waals surface area contributed by atoms with Crippen LogP contribution in [0.1, 0.15) is 50.7 Å². The van der Waals surface area contributed by atoms with Gasteiger partial charge in [-0.3, -0.25) is 0 Å². The summed E-state index contributed by atoms with van der Waals surface area (Å²) in [6.45, 7) is 11.5. The molecular weight excluding hydrogens is 598 g/mol. The van der Waals surface area contributed by atoms with E-state index in [1.807, 2.05) is 0 Å². The number of imidazole rings is 1. The van der Waals surface area contributed by atoms with E-state index in [2.05, 4.69) is 79.3 Å². The van der Waals surface area contributed by atoms with Gasteiger partial charge in [-0.15, -0.1) is 0 Å². The third-order valence-electron chi connectivity index (χ3n) is 5.00. The molecule has 0 fully saturated rings. The van der Waals surface area contributed by atoms with Crippen LogP contribution in [0.5, 0.6) is 0 Å². The van der Waals surface area contributed by atoms with Crippen molar-refractivity contribution < 1.29 is 21.8 Å². The van der Waals surface area contributed by atoms with Gasteiger partial charge in [0.2, 0.25) is 0 Å². The smallest absolute Gasteiger partial charge is 0.418 e. The molecule has 0 amide bonds. The first kappa shape index (κ1) is 27.3. The number of hydrogen-bond acceptors (Lipinski definition) is 0. The number of para-hydroxylation sites is 2. The van der Waals surface area contributed by atoms with Crippen molar-refractivity contribution in [3.05, 3.63) is 53.6 Å². The van der Waals surface area contributed by atoms with Crippen molar-refractivity contribution in [3.63, 3.8) is 0 Å². The molecule has 3 rings (SSSR count). The SMILES string of the molecule is CCCCn1c([Se][Te]c2c(C)cccc2C)[n+](CCCC)c2ccccc21.F[B-](F)(F)F. The summed E-state index contributed by atoms with van der Waals surface area (Å²) >= 11 is 0.370. The Hall–Kier alpha value is -0.996. The van der Waals surface area contributed by atoms with Gasteiger partial charge in [0.1, 0.15) is 0 Å². The topological polar surface area (TPSA) is 8.81 Å². The summed E-state index contributed by atoms with van der Waals surface area (Å²) in [5, 5.41) is 0. The van der Waals surface area contributed by atoms with E-state index in [0.717, 1.165) is 13.1 Å². The standard InChI is InChI=1S/C23H31N2SeTe.BF4/c1-5-7-16-24-20-14-9-10-15-21(20)25(17-8-6-2)23(24)26-27-22-18(3)12-11-13-19(22)4;2-1(3,4)5/h9-15H,5-8,16-17H2,1-4H3;/q+1;-1. The number of unbranched alkanes of at least 4 members (excludes halogenated alkanes) is 2. The number of nitrogens with zero attached hydrogens (tertiary/aromatic N) is 2. The van der Waals surface area contributed by atoms with Gasteiger partial charge in [-0.2, -0.15) is 0 Å². The van der Waals surface area contributed by atoms with Crippen molar-refractivity contribution in [2.24, 2.45) is 0 Å². The van der Waals surface area contributed by atoms with Gasteiger partial charge in [0.05, 0.1) is 0 Å². The first-order chi connectivity index (χ1) is 15.2. The predicted molar refractivity (Wildman–Crippen MR) is 129 cm³/mol. The molecule has 0 aliphatic carbocycles. The quantitative estimate of drug-likeness (QED) is 0.184. The van der Waals surface area contributed by atoms with Crippen molar-refractivity contribution in [2.75, 3.05) is 0 Å². The van der Waals surface area contributed by atoms with Crippen molar-refractivity contribution in [2.45, 2.75) is 66.5 Å². The molecule has 0 aliphatic rings. The van der Waals surface area contributed by atoms with Crippen LogP contribution in [-0.4, -0.2) is 42.3 Å². The maximum Gasteiger partial charge on any atom is 0.673 e. The molecule has 2 nitrogen and oxygen atoms in total. The van der Waals surface area contributed by atoms with Gasteiger partial charge in [0.25, 0.3) is 0 Å². The Labute approximate surface area is 202 Å². The summed E-state index contributed by atoms with van der Waals surface area (Å²) < 4.78 is 47.6. The van der Waals surface area contributed by atoms with Crippen molar-refractivity contribution in [1.82, 2.24) is 4.57 Å². The fourth-order valence-corrected chi connectivity index (χ4v) is 14.8. The molecule has 0 atom stereocenters. The Morgan fingerprint density at radius 2 is 1.50 bits per heavy atom. The normalized spacial score (nSPS) is 11.5. The Morgan fingerprint density at radius 1 is 0.906 bits per heavy atom. The van der Waals surface area contributed by atoms with Gasteiger partial charge in [0, 0.05) is 0 Å². The van der Waals surface area contributed by atoms with Gasteiger partial charge < -0.3 is 17.3 Å². The average molecular weight is 629 g/mol. The summed E-state index contributed by atoms with van der Waals surface area (Å²) in [7, 11) is -6.00. The average Bonchev–Trinajstić information content (AvgIpc) is 3.01. The Balaban J connectivity index is 0.000000654. The number of halogens is 4. The predicted octanol–water partition coefficient (Wildman–Crippen LogP) is 4.72. The van der Waals surface area contributed by atoms with Crippen LogP contribution in [0, 0.1) is 13.8 Å². The van der Waals surface area contributed by atoms with Crippen LogP contribution >= 0.6 is 0 Å². The first-order valence-electron chi connectivity index (χ1n) is 11.0. The van der Waals surface area contributed by atoms with Gasteiger partial charge in [-0.05, 0) is 0 Å². The van der Waals surface area contributed by atoms with E-state index in [0.29, 0.717) is 11.8 Å². The monoisotopic (exact) mass is 632 g/mol. The number of fused-ring (bicyclic) bond motifs is 1. The van der Waals surface area contributed by atoms with E-state index in [-0.39, 0.29) is 18.7 Å². The minimum absolute atomic E-state index is 0.188. The molecule has 9 heteroatoms. The van der Waals surface area contributed by atoms with E-state index in [9.17, 15) is 17.3 Å². The maximum atomic E-state index is 9.75. The van der Waals surface area contributed by atoms with Crippen LogP contribution in [0.4, 0.5) is 17.3 Å². The molecule has 2 aromatic carbocycles. The molecule has 3 aromatic rings. The zero-order chi connectivity index (χ0) is 23.7. The fraction of sp³-hybridized carbons (Fsp3) is 0.435. The van der Waals surface area contributed by atoms with Crippen LogP contribution in [0.2, 0.25) is 0 Å². The number of benzene rings is 2. The van der Waals surface area contributed by atoms with Crippen molar-refractivity contribution in [1.29, 1.82) is 0 Å². The van der Waals surface area contributed by atoms with Gasteiger partial charge in [-0.1, -0.05) is 0 Å². The van der Waals surface area contributed by atoms with Crippen molar-refractivity contribution >= 4 is 57.1 Å². The molecular formula is C23H31BF4N2SeTe. The van der Waals surface area contributed by atoms with E-state index in [1.54, 1.807) is 8.33 Å². The van der Waals surface area contributed by atoms with E-state index in [4.69, 9.17) is 0 Å². The van der Waals surface area contributed by atoms with Crippen LogP contribution in [-0.2, 0) is 13.1 Å². The second-order valence-electron chi connectivity index (χ2n) is 7.66. The van der Waals surface area contributed by atoms with Crippen LogP contribution < -0.4 is 12.9 Å². The third kappa shape index (κ3) is 8.10. The van der Waals surface area contributed by atoms with Crippen molar-refractivity contribution in [3.8, 4) is 0 Å². The number of rotatable bonds is 9. The summed E-state index contributed by atoms with van der Waals surface area (Å²) in [5.41, 5.74) is 5.87. The van der Waals surface area contributed by atoms with Crippen LogP contribution in [0.25, 0.3) is 11.0 Å². The van der Waals surface area contributed by atoms with E-state index >= 15 is 0 Å². The van der Waals surface area contributed by atoms with Crippen LogP contribution in [0.15, 0.2) is 42.5 Å². The summed E-state index contributed by atoms with van der Waals surface area (Å²) in [6.07, 6.45) is 5.03. The minimum Gasteiger partial charge on any atom is -0.418 e. The molecule has 176 valence electrons. The minimum atomic E-state index is -6.00. The molecule has 0 radical (unpaired) electrons. The molecule has 0 spiro atoms. The largest absolute Gasteiger partial charge is 0.673 e. The zero-order valence-electron chi connectivity index (χ0n) is 19.1. The molecule has 1 aromatic heterocycles. The van der Waals surface area contributed by atoms with Gasteiger partial charge in [0.15, 0.2) is 0 Å². The molecule has 1 heterocycles. The molecule has 0 N–H and O–H groups in total. The number of hydrogen-bond donors (Lipinski definition) is 0. The molecule has 0 bridgehead atoms. The van der Waals surface area contributed by atoms with E-state index < -0.39 is 7.25 Å². The molecule has 0 saturated carbocycles. The van der Waals surface area contributed by atoms with Gasteiger partial charge >= 0.3 is 186 Å². The second-order valence-corrected chi connectivity index (χ2v) is 15.2. The summed E-state index contributed by atoms with van der Waals surface area (Å²) in [6, 6.07) is 15.8. The summed E-state index contributed by atoms with van der Waals surface area (Å²) in [5.74, 6) is 0. The van der Waals surface area contributed by atoms with Crippen LogP contribution in [0.3, 0.4) is 0 Å². The summed E-state index contributed by atoms with van der Waals surface area (Å²) in [4.78, 5) is 0. The van der Waals surface area contributed by atoms with E-state index in [1.165, 1.54) is 47.8 Å². The molecule has 0 aliphatic heterocycles. The maximum absolute atomic E-state index is 9.75. The second kappa shape index (κ2) is 13.0. The Bertz CT molecular complexity index is 936. The molecule has 0 unspecified atom stereocenters. The fourth-order valence-electron chi connectivity index (χ4n) is 3.44. The Kier molecular flexibility index (Phi) is 11.1.